The number of nitrogens with zero attached hydrogens (tertiary/aromatic N) is 1. The van der Waals surface area contributed by atoms with Crippen molar-refractivity contribution in [3.63, 3.8) is 0 Å². The summed E-state index contributed by atoms with van der Waals surface area (Å²) >= 11 is 7.25. The first-order valence-corrected chi connectivity index (χ1v) is 6.95. The van der Waals surface area contributed by atoms with Crippen LogP contribution < -0.4 is 0 Å². The van der Waals surface area contributed by atoms with Crippen LogP contribution in [0.3, 0.4) is 0 Å². The standard InChI is InChI=1S/C13H10ClF4NS/c14-11-5-8(13(16,17)18)7-19-12(11)6-10-2-1-9(20-10)3-4-15/h1-2,5,7H,3-4,6H2. The number of hydrogen-bond acceptors (Lipinski definition) is 2. The SMILES string of the molecule is FCCc1ccc(Cc2ncc(C(F)(F)F)cc2Cl)s1. The van der Waals surface area contributed by atoms with Gasteiger partial charge in [0.05, 0.1) is 23.0 Å². The number of alkyl halides is 4. The molecule has 0 atom stereocenters. The highest BCUT2D eigenvalue weighted by Gasteiger charge is 2.31. The number of hydrogen-bond donors (Lipinski definition) is 0. The van der Waals surface area contributed by atoms with Gasteiger partial charge in [0, 0.05) is 28.8 Å². The minimum absolute atomic E-state index is 0.0136. The Hall–Kier alpha value is -1.14. The van der Waals surface area contributed by atoms with E-state index >= 15 is 0 Å². The van der Waals surface area contributed by atoms with Crippen molar-refractivity contribution in [1.82, 2.24) is 4.98 Å². The van der Waals surface area contributed by atoms with Gasteiger partial charge in [0.2, 0.25) is 0 Å². The summed E-state index contributed by atoms with van der Waals surface area (Å²) < 4.78 is 49.6. The number of halogens is 5. The summed E-state index contributed by atoms with van der Waals surface area (Å²) in [6.07, 6.45) is -2.99. The van der Waals surface area contributed by atoms with Crippen molar-refractivity contribution in [2.75, 3.05) is 6.67 Å². The Morgan fingerprint density at radius 1 is 1.20 bits per heavy atom. The van der Waals surface area contributed by atoms with E-state index in [0.29, 0.717) is 18.5 Å². The molecule has 2 rings (SSSR count). The van der Waals surface area contributed by atoms with Crippen LogP contribution in [0.2, 0.25) is 5.02 Å². The first kappa shape index (κ1) is 15.3. The average Bonchev–Trinajstić information content (AvgIpc) is 2.78. The highest BCUT2D eigenvalue weighted by Crippen LogP contribution is 2.32. The van der Waals surface area contributed by atoms with Crippen LogP contribution in [0.4, 0.5) is 17.6 Å². The van der Waals surface area contributed by atoms with Crippen LogP contribution in [-0.4, -0.2) is 11.7 Å². The van der Waals surface area contributed by atoms with E-state index in [1.54, 1.807) is 6.07 Å². The van der Waals surface area contributed by atoms with Gasteiger partial charge in [-0.05, 0) is 18.2 Å². The molecule has 0 spiro atoms. The summed E-state index contributed by atoms with van der Waals surface area (Å²) in [5.41, 5.74) is -0.483. The molecule has 2 heterocycles. The van der Waals surface area contributed by atoms with Crippen LogP contribution in [-0.2, 0) is 19.0 Å². The topological polar surface area (TPSA) is 12.9 Å². The fraction of sp³-hybridized carbons (Fsp3) is 0.308. The van der Waals surface area contributed by atoms with Gasteiger partial charge in [0.1, 0.15) is 0 Å². The van der Waals surface area contributed by atoms with E-state index in [-0.39, 0.29) is 5.02 Å². The molecule has 0 saturated carbocycles. The summed E-state index contributed by atoms with van der Waals surface area (Å²) in [5, 5.41) is -0.0136. The third kappa shape index (κ3) is 3.70. The van der Waals surface area contributed by atoms with Crippen LogP contribution in [0.25, 0.3) is 0 Å². The lowest BCUT2D eigenvalue weighted by atomic mass is 10.2. The van der Waals surface area contributed by atoms with Crippen molar-refractivity contribution >= 4 is 22.9 Å². The zero-order valence-corrected chi connectivity index (χ0v) is 11.7. The third-order valence-corrected chi connectivity index (χ3v) is 4.12. The maximum Gasteiger partial charge on any atom is 0.417 e. The van der Waals surface area contributed by atoms with Crippen molar-refractivity contribution in [1.29, 1.82) is 0 Å². The number of thiophene rings is 1. The molecule has 0 aromatic carbocycles. The molecule has 20 heavy (non-hydrogen) atoms. The molecule has 2 aromatic heterocycles. The molecular weight excluding hydrogens is 314 g/mol. The normalized spacial score (nSPS) is 11.8. The van der Waals surface area contributed by atoms with E-state index in [0.717, 1.165) is 22.0 Å². The second kappa shape index (κ2) is 6.10. The van der Waals surface area contributed by atoms with Crippen LogP contribution in [0.15, 0.2) is 24.4 Å². The van der Waals surface area contributed by atoms with E-state index in [2.05, 4.69) is 4.98 Å². The van der Waals surface area contributed by atoms with Crippen LogP contribution in [0.1, 0.15) is 21.0 Å². The van der Waals surface area contributed by atoms with Gasteiger partial charge in [-0.1, -0.05) is 11.6 Å². The zero-order valence-electron chi connectivity index (χ0n) is 10.2. The predicted molar refractivity (Wildman–Crippen MR) is 71.1 cm³/mol. The Kier molecular flexibility index (Phi) is 4.65. The van der Waals surface area contributed by atoms with Gasteiger partial charge < -0.3 is 0 Å². The quantitative estimate of drug-likeness (QED) is 0.728. The van der Waals surface area contributed by atoms with Gasteiger partial charge in [-0.25, -0.2) is 0 Å². The Labute approximate surface area is 122 Å². The second-order valence-electron chi connectivity index (χ2n) is 4.13. The van der Waals surface area contributed by atoms with Gasteiger partial charge in [0.25, 0.3) is 0 Å². The van der Waals surface area contributed by atoms with Crippen molar-refractivity contribution in [2.45, 2.75) is 19.0 Å². The molecule has 0 N–H and O–H groups in total. The van der Waals surface area contributed by atoms with Crippen molar-refractivity contribution in [3.8, 4) is 0 Å². The Morgan fingerprint density at radius 2 is 1.90 bits per heavy atom. The van der Waals surface area contributed by atoms with Gasteiger partial charge in [0.15, 0.2) is 0 Å². The Balaban J connectivity index is 2.17. The molecule has 0 aliphatic heterocycles. The fourth-order valence-electron chi connectivity index (χ4n) is 1.66. The van der Waals surface area contributed by atoms with E-state index in [9.17, 15) is 17.6 Å². The molecule has 0 aliphatic carbocycles. The number of pyridine rings is 1. The lowest BCUT2D eigenvalue weighted by molar-refractivity contribution is -0.137. The smallest absolute Gasteiger partial charge is 0.259 e. The van der Waals surface area contributed by atoms with Crippen LogP contribution in [0.5, 0.6) is 0 Å². The van der Waals surface area contributed by atoms with Crippen LogP contribution in [0, 0.1) is 0 Å². The third-order valence-electron chi connectivity index (χ3n) is 2.64. The maximum absolute atomic E-state index is 12.5. The summed E-state index contributed by atoms with van der Waals surface area (Å²) in [5.74, 6) is 0. The first-order valence-electron chi connectivity index (χ1n) is 5.75. The van der Waals surface area contributed by atoms with Crippen molar-refractivity contribution in [2.24, 2.45) is 0 Å². The summed E-state index contributed by atoms with van der Waals surface area (Å²) in [4.78, 5) is 5.56. The molecule has 0 aliphatic rings. The van der Waals surface area contributed by atoms with Gasteiger partial charge in [-0.3, -0.25) is 9.37 Å². The lowest BCUT2D eigenvalue weighted by Gasteiger charge is -2.08. The highest BCUT2D eigenvalue weighted by atomic mass is 35.5. The Morgan fingerprint density at radius 3 is 2.50 bits per heavy atom. The number of rotatable bonds is 4. The molecule has 1 nitrogen and oxygen atoms in total. The second-order valence-corrected chi connectivity index (χ2v) is 5.79. The summed E-state index contributed by atoms with van der Waals surface area (Å²) in [7, 11) is 0. The lowest BCUT2D eigenvalue weighted by Crippen LogP contribution is -2.06. The van der Waals surface area contributed by atoms with E-state index in [4.69, 9.17) is 11.6 Å². The van der Waals surface area contributed by atoms with Crippen LogP contribution >= 0.6 is 22.9 Å². The predicted octanol–water partition coefficient (Wildman–Crippen LogP) is 4.92. The van der Waals surface area contributed by atoms with Gasteiger partial charge in [-0.2, -0.15) is 13.2 Å². The van der Waals surface area contributed by atoms with Crippen molar-refractivity contribution in [3.05, 3.63) is 50.4 Å². The minimum atomic E-state index is -4.45. The molecule has 0 unspecified atom stereocenters. The molecule has 0 amide bonds. The minimum Gasteiger partial charge on any atom is -0.259 e. The number of aromatic nitrogens is 1. The average molecular weight is 324 g/mol. The molecular formula is C13H10ClF4NS. The molecule has 0 bridgehead atoms. The zero-order chi connectivity index (χ0) is 14.8. The van der Waals surface area contributed by atoms with Crippen molar-refractivity contribution < 1.29 is 17.6 Å². The fourth-order valence-corrected chi connectivity index (χ4v) is 2.89. The summed E-state index contributed by atoms with van der Waals surface area (Å²) in [6, 6.07) is 4.49. The molecule has 0 fully saturated rings. The summed E-state index contributed by atoms with van der Waals surface area (Å²) in [6.45, 7) is -0.431. The largest absolute Gasteiger partial charge is 0.417 e. The monoisotopic (exact) mass is 323 g/mol. The molecule has 108 valence electrons. The number of aryl methyl sites for hydroxylation is 1. The molecule has 0 radical (unpaired) electrons. The van der Waals surface area contributed by atoms with E-state index in [1.807, 2.05) is 6.07 Å². The molecule has 7 heteroatoms. The maximum atomic E-state index is 12.5. The molecule has 2 aromatic rings. The van der Waals surface area contributed by atoms with Gasteiger partial charge in [-0.15, -0.1) is 11.3 Å². The van der Waals surface area contributed by atoms with Gasteiger partial charge >= 0.3 is 6.18 Å². The van der Waals surface area contributed by atoms with E-state index in [1.165, 1.54) is 11.3 Å². The highest BCUT2D eigenvalue weighted by molar-refractivity contribution is 7.12. The Bertz CT molecular complexity index is 594. The first-order chi connectivity index (χ1) is 9.40. The van der Waals surface area contributed by atoms with E-state index < -0.39 is 18.4 Å². The molecule has 0 saturated heterocycles.